The summed E-state index contributed by atoms with van der Waals surface area (Å²) in [4.78, 5) is 5.04. The molecule has 8 heavy (non-hydrogen) atoms. The number of hydrogen-bond donors (Lipinski definition) is 2. The van der Waals surface area contributed by atoms with Crippen molar-refractivity contribution in [1.82, 2.24) is 4.90 Å². The van der Waals surface area contributed by atoms with Gasteiger partial charge in [-0.3, -0.25) is 10.4 Å². The molecule has 0 heterocycles. The number of aliphatic imine (C=N–C) groups is 1. The second kappa shape index (κ2) is 3.01. The van der Waals surface area contributed by atoms with E-state index in [1.165, 1.54) is 4.90 Å². The number of rotatable bonds is 1. The minimum atomic E-state index is 0.347. The molecule has 0 rings (SSSR count). The van der Waals surface area contributed by atoms with Gasteiger partial charge >= 0.3 is 0 Å². The van der Waals surface area contributed by atoms with Gasteiger partial charge in [-0.15, -0.1) is 0 Å². The fourth-order valence-electron chi connectivity index (χ4n) is 0.224. The highest BCUT2D eigenvalue weighted by molar-refractivity contribution is 5.87. The Balaban J connectivity index is 3.81. The quantitative estimate of drug-likeness (QED) is 0.355. The molecule has 0 aromatic heterocycles. The Morgan fingerprint density at radius 3 is 2.50 bits per heavy atom. The highest BCUT2D eigenvalue weighted by atomic mass is 15.2. The highest BCUT2D eigenvalue weighted by Crippen LogP contribution is 1.71. The molecule has 0 unspecified atom stereocenters. The summed E-state index contributed by atoms with van der Waals surface area (Å²) >= 11 is 0. The van der Waals surface area contributed by atoms with Gasteiger partial charge in [-0.2, -0.15) is 0 Å². The Bertz CT molecular complexity index is 107. The largest absolute Gasteiger partial charge is 0.370 e. The van der Waals surface area contributed by atoms with Crippen LogP contribution in [0.25, 0.3) is 0 Å². The van der Waals surface area contributed by atoms with Crippen LogP contribution < -0.4 is 5.73 Å². The van der Waals surface area contributed by atoms with Gasteiger partial charge < -0.3 is 10.6 Å². The molecule has 4 heteroatoms. The summed E-state index contributed by atoms with van der Waals surface area (Å²) in [5, 5.41) is 6.68. The number of nitrogens with two attached hydrogens (primary N) is 1. The fourth-order valence-corrected chi connectivity index (χ4v) is 0.224. The first-order valence-electron chi connectivity index (χ1n) is 2.18. The van der Waals surface area contributed by atoms with Crippen LogP contribution in [-0.4, -0.2) is 31.3 Å². The van der Waals surface area contributed by atoms with E-state index in [1.807, 2.05) is 0 Å². The highest BCUT2D eigenvalue weighted by Gasteiger charge is 1.90. The van der Waals surface area contributed by atoms with E-state index in [1.54, 1.807) is 14.1 Å². The number of nitrogens with one attached hydrogen (secondary N) is 1. The third-order valence-electron chi connectivity index (χ3n) is 0.784. The molecule has 3 N–H and O–H groups in total. The monoisotopic (exact) mass is 114 g/mol. The van der Waals surface area contributed by atoms with Crippen LogP contribution in [0.3, 0.4) is 0 Å². The van der Waals surface area contributed by atoms with Crippen molar-refractivity contribution in [2.45, 2.75) is 0 Å². The lowest BCUT2D eigenvalue weighted by molar-refractivity contribution is 0.756. The Morgan fingerprint density at radius 2 is 2.38 bits per heavy atom. The first-order valence-corrected chi connectivity index (χ1v) is 2.18. The van der Waals surface area contributed by atoms with Crippen molar-refractivity contribution < 1.29 is 0 Å². The minimum Gasteiger partial charge on any atom is -0.370 e. The van der Waals surface area contributed by atoms with Gasteiger partial charge in [-0.1, -0.05) is 0 Å². The van der Waals surface area contributed by atoms with Crippen LogP contribution in [0, 0.1) is 5.41 Å². The molecule has 0 amide bonds. The third-order valence-corrected chi connectivity index (χ3v) is 0.784. The molecule has 0 radical (unpaired) electrons. The average Bonchev–Trinajstić information content (AvgIpc) is 1.84. The van der Waals surface area contributed by atoms with Crippen LogP contribution in [0.2, 0.25) is 0 Å². The van der Waals surface area contributed by atoms with Crippen molar-refractivity contribution in [2.24, 2.45) is 10.7 Å². The van der Waals surface area contributed by atoms with E-state index < -0.39 is 0 Å². The molecule has 0 aromatic carbocycles. The van der Waals surface area contributed by atoms with Gasteiger partial charge in [0.15, 0.2) is 5.96 Å². The Morgan fingerprint density at radius 1 is 1.88 bits per heavy atom. The van der Waals surface area contributed by atoms with E-state index >= 15 is 0 Å². The van der Waals surface area contributed by atoms with Crippen molar-refractivity contribution in [3.8, 4) is 0 Å². The van der Waals surface area contributed by atoms with Crippen LogP contribution in [0.5, 0.6) is 0 Å². The molecule has 46 valence electrons. The van der Waals surface area contributed by atoms with Crippen LogP contribution in [0.4, 0.5) is 0 Å². The van der Waals surface area contributed by atoms with E-state index in [2.05, 4.69) is 4.99 Å². The molecule has 0 fully saturated rings. The number of hydrogen-bond acceptors (Lipinski definition) is 2. The average molecular weight is 114 g/mol. The van der Waals surface area contributed by atoms with Gasteiger partial charge in [-0.05, 0) is 0 Å². The summed E-state index contributed by atoms with van der Waals surface area (Å²) in [6.45, 7) is 0. The molecule has 0 saturated carbocycles. The van der Waals surface area contributed by atoms with Crippen molar-refractivity contribution in [3.63, 3.8) is 0 Å². The lowest BCUT2D eigenvalue weighted by Gasteiger charge is -2.08. The zero-order valence-electron chi connectivity index (χ0n) is 5.05. The van der Waals surface area contributed by atoms with Crippen LogP contribution in [-0.2, 0) is 0 Å². The van der Waals surface area contributed by atoms with Crippen molar-refractivity contribution in [1.29, 1.82) is 5.41 Å². The normalized spacial score (nSPS) is 11.0. The van der Waals surface area contributed by atoms with Crippen molar-refractivity contribution in [2.75, 3.05) is 14.1 Å². The summed E-state index contributed by atoms with van der Waals surface area (Å²) < 4.78 is 0. The van der Waals surface area contributed by atoms with Gasteiger partial charge in [0.05, 0.1) is 6.34 Å². The molecule has 4 nitrogen and oxygen atoms in total. The van der Waals surface area contributed by atoms with Gasteiger partial charge in [0, 0.05) is 14.1 Å². The van der Waals surface area contributed by atoms with Crippen LogP contribution >= 0.6 is 0 Å². The zero-order valence-corrected chi connectivity index (χ0v) is 5.05. The van der Waals surface area contributed by atoms with E-state index in [9.17, 15) is 0 Å². The third kappa shape index (κ3) is 1.59. The van der Waals surface area contributed by atoms with Crippen LogP contribution in [0.1, 0.15) is 0 Å². The predicted octanol–water partition coefficient (Wildman–Crippen LogP) is -0.530. The first kappa shape index (κ1) is 6.94. The molecule has 0 spiro atoms. The lowest BCUT2D eigenvalue weighted by Crippen LogP contribution is -2.32. The van der Waals surface area contributed by atoms with Crippen LogP contribution in [0.15, 0.2) is 4.99 Å². The second-order valence-corrected chi connectivity index (χ2v) is 1.32. The summed E-state index contributed by atoms with van der Waals surface area (Å²) in [5.74, 6) is 0.347. The molecular weight excluding hydrogens is 104 g/mol. The Hall–Kier alpha value is -1.06. The molecule has 0 aliphatic heterocycles. The SMILES string of the molecule is CN=C(N)N(C)C=N. The maximum absolute atomic E-state index is 6.68. The van der Waals surface area contributed by atoms with Gasteiger partial charge in [-0.25, -0.2) is 0 Å². The standard InChI is InChI=1S/C4H10N4/c1-7-4(6)8(2)3-5/h3,5H,1-2H3,(H2,6,7). The molecule has 0 aliphatic rings. The van der Waals surface area contributed by atoms with Gasteiger partial charge in [0.2, 0.25) is 0 Å². The van der Waals surface area contributed by atoms with Gasteiger partial charge in [0.1, 0.15) is 0 Å². The summed E-state index contributed by atoms with van der Waals surface area (Å²) in [6, 6.07) is 0. The molecule has 0 saturated heterocycles. The summed E-state index contributed by atoms with van der Waals surface area (Å²) in [7, 11) is 3.24. The molecular formula is C4H10N4. The number of nitrogens with zero attached hydrogens (tertiary/aromatic N) is 2. The van der Waals surface area contributed by atoms with E-state index in [0.717, 1.165) is 6.34 Å². The Labute approximate surface area is 48.5 Å². The molecule has 0 aliphatic carbocycles. The van der Waals surface area contributed by atoms with Crippen molar-refractivity contribution >= 4 is 12.3 Å². The summed E-state index contributed by atoms with van der Waals surface area (Å²) in [6.07, 6.45) is 1.10. The molecule has 0 aromatic rings. The lowest BCUT2D eigenvalue weighted by atomic mass is 10.8. The second-order valence-electron chi connectivity index (χ2n) is 1.32. The molecule has 0 bridgehead atoms. The van der Waals surface area contributed by atoms with Gasteiger partial charge in [0.25, 0.3) is 0 Å². The maximum atomic E-state index is 6.68. The Kier molecular flexibility index (Phi) is 2.61. The summed E-state index contributed by atoms with van der Waals surface area (Å²) in [5.41, 5.74) is 5.25. The van der Waals surface area contributed by atoms with Crippen molar-refractivity contribution in [3.05, 3.63) is 0 Å². The van der Waals surface area contributed by atoms with E-state index in [0.29, 0.717) is 5.96 Å². The maximum Gasteiger partial charge on any atom is 0.195 e. The minimum absolute atomic E-state index is 0.347. The zero-order chi connectivity index (χ0) is 6.57. The first-order chi connectivity index (χ1) is 3.72. The van der Waals surface area contributed by atoms with E-state index in [4.69, 9.17) is 11.1 Å². The van der Waals surface area contributed by atoms with E-state index in [-0.39, 0.29) is 0 Å². The molecule has 0 atom stereocenters. The smallest absolute Gasteiger partial charge is 0.195 e. The topological polar surface area (TPSA) is 65.5 Å². The number of guanidine groups is 1. The predicted molar refractivity (Wildman–Crippen MR) is 34.1 cm³/mol. The fraction of sp³-hybridized carbons (Fsp3) is 0.500.